The first-order valence-corrected chi connectivity index (χ1v) is 7.64. The second-order valence-corrected chi connectivity index (χ2v) is 5.79. The number of halogens is 1. The highest BCUT2D eigenvalue weighted by atomic mass is 79.9. The summed E-state index contributed by atoms with van der Waals surface area (Å²) in [4.78, 5) is 22.5. The van der Waals surface area contributed by atoms with E-state index in [2.05, 4.69) is 25.9 Å². The molecule has 0 aliphatic rings. The summed E-state index contributed by atoms with van der Waals surface area (Å²) < 4.78 is 5.93. The standard InChI is InChI=1S/C15H18BrN3O2/c1-4-21-14(20)9-19(10(2)3)13-5-6-17-12-7-11(16)8-18-15(12)13/h5-8,10H,4,9H2,1-3H3. The van der Waals surface area contributed by atoms with Gasteiger partial charge in [0.25, 0.3) is 0 Å². The number of carbonyl (C=O) groups is 1. The van der Waals surface area contributed by atoms with Gasteiger partial charge in [-0.1, -0.05) is 0 Å². The van der Waals surface area contributed by atoms with Crippen LogP contribution in [0.5, 0.6) is 0 Å². The highest BCUT2D eigenvalue weighted by Crippen LogP contribution is 2.26. The second-order valence-electron chi connectivity index (χ2n) is 4.88. The molecule has 0 saturated carbocycles. The van der Waals surface area contributed by atoms with Gasteiger partial charge >= 0.3 is 5.97 Å². The van der Waals surface area contributed by atoms with Crippen molar-refractivity contribution < 1.29 is 9.53 Å². The molecular weight excluding hydrogens is 334 g/mol. The number of rotatable bonds is 5. The van der Waals surface area contributed by atoms with Gasteiger partial charge in [0.1, 0.15) is 12.1 Å². The summed E-state index contributed by atoms with van der Waals surface area (Å²) >= 11 is 3.39. The molecule has 0 aliphatic carbocycles. The molecule has 21 heavy (non-hydrogen) atoms. The van der Waals surface area contributed by atoms with E-state index in [1.165, 1.54) is 0 Å². The maximum atomic E-state index is 11.8. The van der Waals surface area contributed by atoms with Crippen LogP contribution >= 0.6 is 15.9 Å². The molecule has 6 heteroatoms. The molecule has 0 amide bonds. The Labute approximate surface area is 132 Å². The Morgan fingerprint density at radius 2 is 2.19 bits per heavy atom. The summed E-state index contributed by atoms with van der Waals surface area (Å²) in [5.41, 5.74) is 2.45. The lowest BCUT2D eigenvalue weighted by molar-refractivity contribution is -0.141. The van der Waals surface area contributed by atoms with Crippen LogP contribution in [0.25, 0.3) is 11.0 Å². The van der Waals surface area contributed by atoms with E-state index in [1.807, 2.05) is 30.9 Å². The molecule has 2 heterocycles. The molecule has 0 aromatic carbocycles. The predicted octanol–water partition coefficient (Wildman–Crippen LogP) is 3.17. The molecule has 0 radical (unpaired) electrons. The molecule has 0 unspecified atom stereocenters. The average Bonchev–Trinajstić information content (AvgIpc) is 2.44. The number of aromatic nitrogens is 2. The number of ether oxygens (including phenoxy) is 1. The lowest BCUT2D eigenvalue weighted by atomic mass is 10.2. The number of nitrogens with zero attached hydrogens (tertiary/aromatic N) is 3. The van der Waals surface area contributed by atoms with Crippen molar-refractivity contribution in [2.24, 2.45) is 0 Å². The van der Waals surface area contributed by atoms with Crippen molar-refractivity contribution in [2.75, 3.05) is 18.1 Å². The maximum absolute atomic E-state index is 11.8. The average molecular weight is 352 g/mol. The van der Waals surface area contributed by atoms with Gasteiger partial charge in [0.15, 0.2) is 0 Å². The van der Waals surface area contributed by atoms with E-state index in [0.29, 0.717) is 6.61 Å². The summed E-state index contributed by atoms with van der Waals surface area (Å²) in [6, 6.07) is 3.93. The molecule has 0 saturated heterocycles. The smallest absolute Gasteiger partial charge is 0.325 e. The summed E-state index contributed by atoms with van der Waals surface area (Å²) in [6.45, 7) is 6.45. The summed E-state index contributed by atoms with van der Waals surface area (Å²) in [5, 5.41) is 0. The number of fused-ring (bicyclic) bond motifs is 1. The van der Waals surface area contributed by atoms with Crippen LogP contribution in [0.15, 0.2) is 29.0 Å². The molecule has 112 valence electrons. The Morgan fingerprint density at radius 1 is 1.43 bits per heavy atom. The Hall–Kier alpha value is -1.69. The molecular formula is C15H18BrN3O2. The third-order valence-corrected chi connectivity index (χ3v) is 3.49. The molecule has 0 N–H and O–H groups in total. The van der Waals surface area contributed by atoms with E-state index in [0.717, 1.165) is 21.2 Å². The zero-order valence-corrected chi connectivity index (χ0v) is 13.9. The van der Waals surface area contributed by atoms with Gasteiger partial charge < -0.3 is 9.64 Å². The van der Waals surface area contributed by atoms with Gasteiger partial charge in [-0.2, -0.15) is 0 Å². The Kier molecular flexibility index (Phi) is 5.12. The first-order valence-electron chi connectivity index (χ1n) is 6.85. The van der Waals surface area contributed by atoms with Gasteiger partial charge in [-0.3, -0.25) is 14.8 Å². The molecule has 0 aliphatic heterocycles. The summed E-state index contributed by atoms with van der Waals surface area (Å²) in [6.07, 6.45) is 3.46. The normalized spacial score (nSPS) is 10.9. The van der Waals surface area contributed by atoms with Crippen LogP contribution in [0.4, 0.5) is 5.69 Å². The zero-order valence-electron chi connectivity index (χ0n) is 12.3. The van der Waals surface area contributed by atoms with Gasteiger partial charge in [0, 0.05) is 22.9 Å². The van der Waals surface area contributed by atoms with E-state index in [9.17, 15) is 4.79 Å². The van der Waals surface area contributed by atoms with Gasteiger partial charge in [0.05, 0.1) is 17.8 Å². The van der Waals surface area contributed by atoms with Gasteiger partial charge in [-0.05, 0) is 48.8 Å². The number of anilines is 1. The van der Waals surface area contributed by atoms with Gasteiger partial charge in [-0.25, -0.2) is 0 Å². The largest absolute Gasteiger partial charge is 0.465 e. The fraction of sp³-hybridized carbons (Fsp3) is 0.400. The van der Waals surface area contributed by atoms with Crippen LogP contribution in [0.1, 0.15) is 20.8 Å². The lowest BCUT2D eigenvalue weighted by Crippen LogP contribution is -2.36. The van der Waals surface area contributed by atoms with Crippen molar-refractivity contribution in [3.8, 4) is 0 Å². The van der Waals surface area contributed by atoms with Crippen molar-refractivity contribution in [3.63, 3.8) is 0 Å². The molecule has 0 fully saturated rings. The first-order chi connectivity index (χ1) is 10.0. The molecule has 2 aromatic rings. The number of pyridine rings is 2. The zero-order chi connectivity index (χ0) is 15.4. The van der Waals surface area contributed by atoms with Gasteiger partial charge in [0.2, 0.25) is 0 Å². The molecule has 5 nitrogen and oxygen atoms in total. The SMILES string of the molecule is CCOC(=O)CN(c1ccnc2cc(Br)cnc12)C(C)C. The highest BCUT2D eigenvalue weighted by Gasteiger charge is 2.18. The Morgan fingerprint density at radius 3 is 2.86 bits per heavy atom. The second kappa shape index (κ2) is 6.85. The summed E-state index contributed by atoms with van der Waals surface area (Å²) in [7, 11) is 0. The maximum Gasteiger partial charge on any atom is 0.325 e. The van der Waals surface area contributed by atoms with Crippen LogP contribution in [0.2, 0.25) is 0 Å². The Balaban J connectivity index is 2.43. The van der Waals surface area contributed by atoms with E-state index in [4.69, 9.17) is 4.74 Å². The quantitative estimate of drug-likeness (QED) is 0.774. The van der Waals surface area contributed by atoms with Gasteiger partial charge in [-0.15, -0.1) is 0 Å². The summed E-state index contributed by atoms with van der Waals surface area (Å²) in [5.74, 6) is -0.242. The first kappa shape index (κ1) is 15.7. The van der Waals surface area contributed by atoms with Crippen molar-refractivity contribution in [3.05, 3.63) is 29.0 Å². The minimum Gasteiger partial charge on any atom is -0.465 e. The van der Waals surface area contributed by atoms with Crippen LogP contribution in [0.3, 0.4) is 0 Å². The monoisotopic (exact) mass is 351 g/mol. The number of carbonyl (C=O) groups excluding carboxylic acids is 1. The van der Waals surface area contributed by atoms with E-state index >= 15 is 0 Å². The van der Waals surface area contributed by atoms with E-state index < -0.39 is 0 Å². The Bertz CT molecular complexity index is 646. The van der Waals surface area contributed by atoms with Crippen molar-refractivity contribution in [2.45, 2.75) is 26.8 Å². The fourth-order valence-corrected chi connectivity index (χ4v) is 2.43. The molecule has 0 spiro atoms. The van der Waals surface area contributed by atoms with Crippen molar-refractivity contribution in [1.82, 2.24) is 9.97 Å². The number of esters is 1. The van der Waals surface area contributed by atoms with Crippen LogP contribution in [-0.4, -0.2) is 35.1 Å². The molecule has 0 bridgehead atoms. The van der Waals surface area contributed by atoms with Crippen molar-refractivity contribution >= 4 is 38.6 Å². The minimum atomic E-state index is -0.242. The van der Waals surface area contributed by atoms with E-state index in [1.54, 1.807) is 19.3 Å². The molecule has 0 atom stereocenters. The van der Waals surface area contributed by atoms with Crippen molar-refractivity contribution in [1.29, 1.82) is 0 Å². The van der Waals surface area contributed by atoms with Crippen LogP contribution in [0, 0.1) is 0 Å². The van der Waals surface area contributed by atoms with E-state index in [-0.39, 0.29) is 18.6 Å². The third kappa shape index (κ3) is 3.69. The lowest BCUT2D eigenvalue weighted by Gasteiger charge is -2.28. The highest BCUT2D eigenvalue weighted by molar-refractivity contribution is 9.10. The van der Waals surface area contributed by atoms with Crippen LogP contribution < -0.4 is 4.90 Å². The topological polar surface area (TPSA) is 55.3 Å². The van der Waals surface area contributed by atoms with Crippen LogP contribution in [-0.2, 0) is 9.53 Å². The minimum absolute atomic E-state index is 0.144. The number of hydrogen-bond acceptors (Lipinski definition) is 5. The number of hydrogen-bond donors (Lipinski definition) is 0. The third-order valence-electron chi connectivity index (χ3n) is 3.06. The molecule has 2 aromatic heterocycles. The predicted molar refractivity (Wildman–Crippen MR) is 86.4 cm³/mol. The fourth-order valence-electron chi connectivity index (χ4n) is 2.11. The molecule has 2 rings (SSSR count).